The summed E-state index contributed by atoms with van der Waals surface area (Å²) in [4.78, 5) is 17.6. The third-order valence-corrected chi connectivity index (χ3v) is 9.74. The Balaban J connectivity index is 1.34. The van der Waals surface area contributed by atoms with Crippen LogP contribution in [0.1, 0.15) is 30.5 Å². The van der Waals surface area contributed by atoms with E-state index in [1.54, 1.807) is 47.4 Å². The molecule has 0 spiro atoms. The van der Waals surface area contributed by atoms with Gasteiger partial charge in [0.1, 0.15) is 23.4 Å². The number of ether oxygens (including phenoxy) is 2. The first-order valence-corrected chi connectivity index (χ1v) is 17.3. The minimum Gasteiger partial charge on any atom is -0.488 e. The first-order valence-electron chi connectivity index (χ1n) is 15.8. The smallest absolute Gasteiger partial charge is 0.261 e. The summed E-state index contributed by atoms with van der Waals surface area (Å²) in [5.74, 6) is 1.85. The molecule has 1 heterocycles. The topological polar surface area (TPSA) is 108 Å². The Hall–Kier alpha value is -4.38. The van der Waals surface area contributed by atoms with E-state index in [0.29, 0.717) is 36.6 Å². The number of likely N-dealkylation sites (N-methyl/N-ethyl adjacent to an activating group) is 1. The average molecular weight is 658 g/mol. The summed E-state index contributed by atoms with van der Waals surface area (Å²) >= 11 is 0. The number of benzene rings is 4. The molecule has 10 heteroatoms. The lowest BCUT2D eigenvalue weighted by Gasteiger charge is -2.34. The van der Waals surface area contributed by atoms with E-state index >= 15 is 0 Å². The molecular formula is C37H43N3O6S. The summed E-state index contributed by atoms with van der Waals surface area (Å²) < 4.78 is 41.4. The Labute approximate surface area is 277 Å². The summed E-state index contributed by atoms with van der Waals surface area (Å²) in [6, 6.07) is 28.9. The molecule has 5 rings (SSSR count). The zero-order chi connectivity index (χ0) is 33.6. The second kappa shape index (κ2) is 15.0. The second-order valence-corrected chi connectivity index (χ2v) is 14.1. The van der Waals surface area contributed by atoms with Crippen LogP contribution in [-0.2, 0) is 27.8 Å². The highest BCUT2D eigenvalue weighted by atomic mass is 32.2. The molecule has 2 N–H and O–H groups in total. The van der Waals surface area contributed by atoms with Gasteiger partial charge >= 0.3 is 0 Å². The van der Waals surface area contributed by atoms with Crippen molar-refractivity contribution >= 4 is 21.6 Å². The Morgan fingerprint density at radius 1 is 1.00 bits per heavy atom. The molecular weight excluding hydrogens is 614 g/mol. The van der Waals surface area contributed by atoms with Gasteiger partial charge in [-0.1, -0.05) is 55.0 Å². The first-order chi connectivity index (χ1) is 22.5. The quantitative estimate of drug-likeness (QED) is 0.208. The van der Waals surface area contributed by atoms with Crippen molar-refractivity contribution in [1.29, 1.82) is 0 Å². The van der Waals surface area contributed by atoms with E-state index < -0.39 is 10.0 Å². The number of aliphatic hydroxyl groups excluding tert-OH is 1. The number of fused-ring (bicyclic) bond motifs is 1. The van der Waals surface area contributed by atoms with Gasteiger partial charge in [-0.15, -0.1) is 0 Å². The molecule has 0 aliphatic carbocycles. The molecule has 0 radical (unpaired) electrons. The van der Waals surface area contributed by atoms with Crippen molar-refractivity contribution in [3.05, 3.63) is 114 Å². The predicted molar refractivity (Wildman–Crippen MR) is 183 cm³/mol. The van der Waals surface area contributed by atoms with Crippen LogP contribution in [-0.4, -0.2) is 68.1 Å². The number of nitrogens with zero attached hydrogens (tertiary/aromatic N) is 2. The van der Waals surface area contributed by atoms with Crippen LogP contribution >= 0.6 is 0 Å². The SMILES string of the molecule is Cc1ccc(S(=O)(=O)Nc2ccc3c(c2)CC(=O)N([C@@H](C)CO)C[C@@H](C)[C@H](CN(C)Cc2ccc(Oc4ccccc4)cc2)O3)cc1. The number of amides is 1. The molecule has 0 fully saturated rings. The Morgan fingerprint density at radius 2 is 1.68 bits per heavy atom. The van der Waals surface area contributed by atoms with Crippen molar-refractivity contribution in [3.63, 3.8) is 0 Å². The third-order valence-electron chi connectivity index (χ3n) is 8.35. The zero-order valence-electron chi connectivity index (χ0n) is 27.3. The third kappa shape index (κ3) is 8.91. The van der Waals surface area contributed by atoms with Gasteiger partial charge in [0, 0.05) is 36.8 Å². The molecule has 0 aromatic heterocycles. The fourth-order valence-corrected chi connectivity index (χ4v) is 6.66. The van der Waals surface area contributed by atoms with Crippen molar-refractivity contribution in [2.24, 2.45) is 5.92 Å². The van der Waals surface area contributed by atoms with E-state index in [1.165, 1.54) is 0 Å². The van der Waals surface area contributed by atoms with E-state index in [4.69, 9.17) is 9.47 Å². The highest BCUT2D eigenvalue weighted by Crippen LogP contribution is 2.30. The van der Waals surface area contributed by atoms with Crippen molar-refractivity contribution in [2.45, 2.75) is 50.8 Å². The van der Waals surface area contributed by atoms with E-state index in [-0.39, 0.29) is 41.9 Å². The number of para-hydroxylation sites is 1. The van der Waals surface area contributed by atoms with Crippen LogP contribution in [0.25, 0.3) is 0 Å². The molecule has 4 aromatic rings. The number of aliphatic hydroxyl groups is 1. The summed E-state index contributed by atoms with van der Waals surface area (Å²) in [5.41, 5.74) is 2.98. The molecule has 1 aliphatic rings. The molecule has 0 unspecified atom stereocenters. The van der Waals surface area contributed by atoms with Crippen LogP contribution < -0.4 is 14.2 Å². The van der Waals surface area contributed by atoms with E-state index in [2.05, 4.69) is 9.62 Å². The zero-order valence-corrected chi connectivity index (χ0v) is 28.1. The van der Waals surface area contributed by atoms with Crippen molar-refractivity contribution in [1.82, 2.24) is 9.80 Å². The summed E-state index contributed by atoms with van der Waals surface area (Å²) in [6.45, 7) is 7.24. The Morgan fingerprint density at radius 3 is 2.36 bits per heavy atom. The lowest BCUT2D eigenvalue weighted by molar-refractivity contribution is -0.134. The van der Waals surface area contributed by atoms with Gasteiger partial charge in [-0.2, -0.15) is 0 Å². The van der Waals surface area contributed by atoms with Crippen LogP contribution in [0.3, 0.4) is 0 Å². The van der Waals surface area contributed by atoms with Crippen molar-refractivity contribution < 1.29 is 27.8 Å². The molecule has 248 valence electrons. The molecule has 3 atom stereocenters. The normalized spacial score (nSPS) is 17.6. The van der Waals surface area contributed by atoms with Crippen LogP contribution in [0, 0.1) is 12.8 Å². The number of hydrogen-bond donors (Lipinski definition) is 2. The van der Waals surface area contributed by atoms with Gasteiger partial charge in [0.2, 0.25) is 5.91 Å². The standard InChI is InChI=1S/C37H43N3O6S/c1-26-10-17-34(18-11-26)47(43,44)38-31-14-19-35-30(20-31)21-37(42)40(28(3)25-41)22-27(2)36(46-35)24-39(4)23-29-12-15-33(16-13-29)45-32-8-6-5-7-9-32/h5-20,27-28,36,38,41H,21-25H2,1-4H3/t27-,28+,36+/m1/s1. The predicted octanol–water partition coefficient (Wildman–Crippen LogP) is 5.87. The van der Waals surface area contributed by atoms with Gasteiger partial charge in [0.05, 0.1) is 24.0 Å². The highest BCUT2D eigenvalue weighted by Gasteiger charge is 2.31. The molecule has 1 aliphatic heterocycles. The number of rotatable bonds is 11. The molecule has 47 heavy (non-hydrogen) atoms. The van der Waals surface area contributed by atoms with Crippen LogP contribution in [0.5, 0.6) is 17.2 Å². The molecule has 0 saturated carbocycles. The van der Waals surface area contributed by atoms with Crippen molar-refractivity contribution in [3.8, 4) is 17.2 Å². The van der Waals surface area contributed by atoms with Gasteiger partial charge in [0.25, 0.3) is 10.0 Å². The fraction of sp³-hybridized carbons (Fsp3) is 0.324. The van der Waals surface area contributed by atoms with Crippen LogP contribution in [0.2, 0.25) is 0 Å². The molecule has 9 nitrogen and oxygen atoms in total. The van der Waals surface area contributed by atoms with Gasteiger partial charge in [-0.05, 0) is 81.1 Å². The number of nitrogens with one attached hydrogen (secondary N) is 1. The van der Waals surface area contributed by atoms with Gasteiger partial charge in [-0.25, -0.2) is 8.42 Å². The first kappa shape index (κ1) is 34.0. The maximum absolute atomic E-state index is 13.6. The maximum Gasteiger partial charge on any atom is 0.261 e. The van der Waals surface area contributed by atoms with Crippen molar-refractivity contribution in [2.75, 3.05) is 31.5 Å². The monoisotopic (exact) mass is 657 g/mol. The molecule has 4 aromatic carbocycles. The van der Waals surface area contributed by atoms with E-state index in [0.717, 1.165) is 22.6 Å². The van der Waals surface area contributed by atoms with Gasteiger partial charge < -0.3 is 19.5 Å². The number of sulfonamides is 1. The number of anilines is 1. The second-order valence-electron chi connectivity index (χ2n) is 12.4. The number of carbonyl (C=O) groups excluding carboxylic acids is 1. The average Bonchev–Trinajstić information content (AvgIpc) is 3.09. The van der Waals surface area contributed by atoms with Gasteiger partial charge in [0.15, 0.2) is 0 Å². The summed E-state index contributed by atoms with van der Waals surface area (Å²) in [7, 11) is -1.81. The van der Waals surface area contributed by atoms with Crippen LogP contribution in [0.15, 0.2) is 102 Å². The van der Waals surface area contributed by atoms with E-state index in [1.807, 2.05) is 82.4 Å². The summed E-state index contributed by atoms with van der Waals surface area (Å²) in [6.07, 6.45) is -0.291. The molecule has 0 bridgehead atoms. The number of aryl methyl sites for hydroxylation is 1. The molecule has 1 amide bonds. The Kier molecular flexibility index (Phi) is 10.9. The minimum absolute atomic E-state index is 0.00640. The van der Waals surface area contributed by atoms with Gasteiger partial charge in [-0.3, -0.25) is 14.4 Å². The number of carbonyl (C=O) groups is 1. The number of hydrogen-bond acceptors (Lipinski definition) is 7. The minimum atomic E-state index is -3.84. The lowest BCUT2D eigenvalue weighted by atomic mass is 10.0. The Bertz CT molecular complexity index is 1750. The van der Waals surface area contributed by atoms with E-state index in [9.17, 15) is 18.3 Å². The lowest BCUT2D eigenvalue weighted by Crippen LogP contribution is -2.47. The largest absolute Gasteiger partial charge is 0.488 e. The maximum atomic E-state index is 13.6. The summed E-state index contributed by atoms with van der Waals surface area (Å²) in [5, 5.41) is 9.97. The van der Waals surface area contributed by atoms with Crippen LogP contribution in [0.4, 0.5) is 5.69 Å². The fourth-order valence-electron chi connectivity index (χ4n) is 5.61. The molecule has 0 saturated heterocycles. The highest BCUT2D eigenvalue weighted by molar-refractivity contribution is 7.92.